The number of allylic oxidation sites excluding steroid dienone is 1. The van der Waals surface area contributed by atoms with Gasteiger partial charge in [0.1, 0.15) is 11.6 Å². The van der Waals surface area contributed by atoms with Crippen molar-refractivity contribution in [3.05, 3.63) is 51.5 Å². The lowest BCUT2D eigenvalue weighted by Gasteiger charge is -2.30. The standard InChI is InChI=1S/C17H14F5N5O2/c1-3-29-16(28)5-4(2)25-15-8(14(23)26-17(24)27-15)6(5)7-9(18)11(20)13(22)12(21)10(7)19/h6H,3H2,1-2H3,(H5,23,24,25,26,27). The molecule has 0 bridgehead atoms. The van der Waals surface area contributed by atoms with Gasteiger partial charge in [-0.1, -0.05) is 0 Å². The molecule has 1 atom stereocenters. The molecule has 0 radical (unpaired) electrons. The Bertz CT molecular complexity index is 1040. The number of carbonyl (C=O) groups excluding carboxylic acids is 1. The summed E-state index contributed by atoms with van der Waals surface area (Å²) in [6.07, 6.45) is 0. The van der Waals surface area contributed by atoms with Gasteiger partial charge in [-0.15, -0.1) is 0 Å². The van der Waals surface area contributed by atoms with Gasteiger partial charge in [0.25, 0.3) is 0 Å². The van der Waals surface area contributed by atoms with Crippen LogP contribution in [0.3, 0.4) is 0 Å². The van der Waals surface area contributed by atoms with E-state index in [2.05, 4.69) is 15.3 Å². The van der Waals surface area contributed by atoms with Crippen LogP contribution in [-0.4, -0.2) is 22.5 Å². The van der Waals surface area contributed by atoms with E-state index in [1.54, 1.807) is 0 Å². The van der Waals surface area contributed by atoms with Crippen molar-refractivity contribution in [2.75, 3.05) is 23.4 Å². The number of esters is 1. The fourth-order valence-corrected chi connectivity index (χ4v) is 3.13. The van der Waals surface area contributed by atoms with E-state index in [4.69, 9.17) is 16.2 Å². The summed E-state index contributed by atoms with van der Waals surface area (Å²) in [6, 6.07) is 0. The van der Waals surface area contributed by atoms with Gasteiger partial charge in [0.15, 0.2) is 23.3 Å². The number of benzene rings is 1. The molecule has 0 aliphatic carbocycles. The number of hydrogen-bond acceptors (Lipinski definition) is 7. The molecule has 2 aromatic rings. The largest absolute Gasteiger partial charge is 0.463 e. The first-order valence-electron chi connectivity index (χ1n) is 8.19. The highest BCUT2D eigenvalue weighted by molar-refractivity contribution is 5.95. The highest BCUT2D eigenvalue weighted by atomic mass is 19.2. The Labute approximate surface area is 160 Å². The van der Waals surface area contributed by atoms with Crippen LogP contribution in [0.25, 0.3) is 0 Å². The zero-order valence-corrected chi connectivity index (χ0v) is 15.0. The molecule has 29 heavy (non-hydrogen) atoms. The fraction of sp³-hybridized carbons (Fsp3) is 0.235. The van der Waals surface area contributed by atoms with Crippen LogP contribution in [0.2, 0.25) is 0 Å². The second kappa shape index (κ2) is 7.18. The number of nitrogen functional groups attached to an aromatic ring is 2. The molecule has 0 saturated carbocycles. The number of anilines is 3. The number of hydrogen-bond donors (Lipinski definition) is 3. The molecule has 5 N–H and O–H groups in total. The molecule has 154 valence electrons. The molecule has 12 heteroatoms. The Balaban J connectivity index is 2.43. The van der Waals surface area contributed by atoms with E-state index in [-0.39, 0.29) is 29.6 Å². The van der Waals surface area contributed by atoms with Gasteiger partial charge in [0.05, 0.1) is 18.1 Å². The zero-order valence-electron chi connectivity index (χ0n) is 15.0. The van der Waals surface area contributed by atoms with E-state index in [0.717, 1.165) is 0 Å². The minimum Gasteiger partial charge on any atom is -0.463 e. The lowest BCUT2D eigenvalue weighted by Crippen LogP contribution is -2.28. The molecule has 3 rings (SSSR count). The fourth-order valence-electron chi connectivity index (χ4n) is 3.13. The Hall–Kier alpha value is -3.44. The predicted molar refractivity (Wildman–Crippen MR) is 91.9 cm³/mol. The highest BCUT2D eigenvalue weighted by Crippen LogP contribution is 2.46. The van der Waals surface area contributed by atoms with Gasteiger partial charge in [0, 0.05) is 16.8 Å². The number of nitrogens with one attached hydrogen (secondary N) is 1. The van der Waals surface area contributed by atoms with Crippen LogP contribution < -0.4 is 16.8 Å². The maximum atomic E-state index is 14.6. The minimum absolute atomic E-state index is 0.00221. The smallest absolute Gasteiger partial charge is 0.336 e. The molecular weight excluding hydrogens is 401 g/mol. The molecule has 0 amide bonds. The van der Waals surface area contributed by atoms with E-state index < -0.39 is 57.9 Å². The van der Waals surface area contributed by atoms with Gasteiger partial charge < -0.3 is 21.5 Å². The van der Waals surface area contributed by atoms with Crippen LogP contribution >= 0.6 is 0 Å². The monoisotopic (exact) mass is 415 g/mol. The molecule has 2 heterocycles. The summed E-state index contributed by atoms with van der Waals surface area (Å²) in [7, 11) is 0. The molecule has 1 aliphatic heterocycles. The zero-order chi connectivity index (χ0) is 21.6. The van der Waals surface area contributed by atoms with Crippen molar-refractivity contribution in [2.45, 2.75) is 19.8 Å². The van der Waals surface area contributed by atoms with Crippen LogP contribution in [0.15, 0.2) is 11.3 Å². The van der Waals surface area contributed by atoms with Gasteiger partial charge in [-0.05, 0) is 13.8 Å². The third kappa shape index (κ3) is 3.09. The van der Waals surface area contributed by atoms with Crippen molar-refractivity contribution in [2.24, 2.45) is 0 Å². The van der Waals surface area contributed by atoms with E-state index in [9.17, 15) is 26.7 Å². The van der Waals surface area contributed by atoms with Crippen molar-refractivity contribution in [1.29, 1.82) is 0 Å². The number of rotatable bonds is 3. The second-order valence-electron chi connectivity index (χ2n) is 6.03. The molecular formula is C17H14F5N5O2. The normalized spacial score (nSPS) is 15.8. The van der Waals surface area contributed by atoms with Gasteiger partial charge in [0.2, 0.25) is 11.8 Å². The summed E-state index contributed by atoms with van der Waals surface area (Å²) in [4.78, 5) is 20.0. The number of fused-ring (bicyclic) bond motifs is 1. The van der Waals surface area contributed by atoms with Gasteiger partial charge >= 0.3 is 5.97 Å². The summed E-state index contributed by atoms with van der Waals surface area (Å²) in [5.74, 6) is -14.7. The number of halogens is 5. The van der Waals surface area contributed by atoms with E-state index >= 15 is 0 Å². The number of nitrogens with zero attached hydrogens (tertiary/aromatic N) is 2. The molecule has 7 nitrogen and oxygen atoms in total. The Morgan fingerprint density at radius 2 is 1.55 bits per heavy atom. The summed E-state index contributed by atoms with van der Waals surface area (Å²) >= 11 is 0. The van der Waals surface area contributed by atoms with E-state index in [0.29, 0.717) is 0 Å². The Morgan fingerprint density at radius 1 is 1.00 bits per heavy atom. The lowest BCUT2D eigenvalue weighted by atomic mass is 9.81. The summed E-state index contributed by atoms with van der Waals surface area (Å²) in [5.41, 5.74) is 9.34. The van der Waals surface area contributed by atoms with E-state index in [1.165, 1.54) is 13.8 Å². The van der Waals surface area contributed by atoms with Crippen LogP contribution in [0, 0.1) is 29.1 Å². The topological polar surface area (TPSA) is 116 Å². The van der Waals surface area contributed by atoms with Crippen LogP contribution in [-0.2, 0) is 9.53 Å². The molecule has 0 spiro atoms. The first-order valence-corrected chi connectivity index (χ1v) is 8.19. The Morgan fingerprint density at radius 3 is 2.10 bits per heavy atom. The van der Waals surface area contributed by atoms with Crippen molar-refractivity contribution in [3.63, 3.8) is 0 Å². The van der Waals surface area contributed by atoms with Crippen molar-refractivity contribution < 1.29 is 31.5 Å². The second-order valence-corrected chi connectivity index (χ2v) is 6.03. The third-order valence-corrected chi connectivity index (χ3v) is 4.31. The average Bonchev–Trinajstić information content (AvgIpc) is 2.64. The minimum atomic E-state index is -2.34. The van der Waals surface area contributed by atoms with Crippen LogP contribution in [0.5, 0.6) is 0 Å². The van der Waals surface area contributed by atoms with Gasteiger partial charge in [-0.3, -0.25) is 0 Å². The maximum Gasteiger partial charge on any atom is 0.336 e. The maximum absolute atomic E-state index is 14.6. The molecule has 0 saturated heterocycles. The van der Waals surface area contributed by atoms with Crippen molar-refractivity contribution in [3.8, 4) is 0 Å². The third-order valence-electron chi connectivity index (χ3n) is 4.31. The molecule has 1 aromatic heterocycles. The van der Waals surface area contributed by atoms with Crippen LogP contribution in [0.4, 0.5) is 39.5 Å². The lowest BCUT2D eigenvalue weighted by molar-refractivity contribution is -0.138. The Kier molecular flexibility index (Phi) is 5.03. The van der Waals surface area contributed by atoms with Crippen molar-refractivity contribution in [1.82, 2.24) is 9.97 Å². The number of carbonyl (C=O) groups is 1. The summed E-state index contributed by atoms with van der Waals surface area (Å²) < 4.78 is 75.4. The van der Waals surface area contributed by atoms with Gasteiger partial charge in [-0.25, -0.2) is 26.7 Å². The number of nitrogens with two attached hydrogens (primary N) is 2. The number of ether oxygens (including phenoxy) is 1. The first-order chi connectivity index (χ1) is 13.6. The molecule has 1 aliphatic rings. The highest BCUT2D eigenvalue weighted by Gasteiger charge is 2.41. The number of aromatic nitrogens is 2. The quantitative estimate of drug-likeness (QED) is 0.306. The molecule has 1 aromatic carbocycles. The summed E-state index contributed by atoms with van der Waals surface area (Å²) in [5, 5.41) is 2.67. The predicted octanol–water partition coefficient (Wildman–Crippen LogP) is 2.73. The molecule has 1 unspecified atom stereocenters. The molecule has 0 fully saturated rings. The average molecular weight is 415 g/mol. The van der Waals surface area contributed by atoms with Crippen molar-refractivity contribution >= 4 is 23.6 Å². The summed E-state index contributed by atoms with van der Waals surface area (Å²) in [6.45, 7) is 2.70. The van der Waals surface area contributed by atoms with Crippen LogP contribution in [0.1, 0.15) is 30.9 Å². The SMILES string of the molecule is CCOC(=O)C1=C(C)Nc2nc(N)nc(N)c2C1c1c(F)c(F)c(F)c(F)c1F. The van der Waals surface area contributed by atoms with E-state index in [1.807, 2.05) is 0 Å². The first kappa shape index (κ1) is 20.3. The van der Waals surface area contributed by atoms with Gasteiger partial charge in [-0.2, -0.15) is 9.97 Å².